The second kappa shape index (κ2) is 12.2. The number of sulfonamides is 1. The zero-order chi connectivity index (χ0) is 30.9. The summed E-state index contributed by atoms with van der Waals surface area (Å²) in [7, 11) is -0.878. The number of hydrogen-bond donors (Lipinski definition) is 1. The van der Waals surface area contributed by atoms with Crippen molar-refractivity contribution in [3.63, 3.8) is 0 Å². The first kappa shape index (κ1) is 30.3. The van der Waals surface area contributed by atoms with Gasteiger partial charge < -0.3 is 4.90 Å². The molecular weight excluding hydrogens is 652 g/mol. The van der Waals surface area contributed by atoms with E-state index in [1.54, 1.807) is 73.1 Å². The van der Waals surface area contributed by atoms with Gasteiger partial charge in [-0.3, -0.25) is 19.0 Å². The van der Waals surface area contributed by atoms with Crippen LogP contribution in [0, 0.1) is 6.92 Å². The van der Waals surface area contributed by atoms with Crippen molar-refractivity contribution in [1.29, 1.82) is 0 Å². The smallest absolute Gasteiger partial charge is 0.296 e. The number of hydrogen-bond acceptors (Lipinski definition) is 4. The van der Waals surface area contributed by atoms with Gasteiger partial charge in [0.25, 0.3) is 21.5 Å². The normalized spacial score (nSPS) is 12.1. The summed E-state index contributed by atoms with van der Waals surface area (Å²) in [6.07, 6.45) is 0. The van der Waals surface area contributed by atoms with Crippen LogP contribution in [0.15, 0.2) is 117 Å². The van der Waals surface area contributed by atoms with Crippen LogP contribution in [-0.4, -0.2) is 35.6 Å². The Morgan fingerprint density at radius 1 is 0.907 bits per heavy atom. The lowest BCUT2D eigenvalue weighted by atomic mass is 9.97. The highest BCUT2D eigenvalue weighted by molar-refractivity contribution is 9.10. The van der Waals surface area contributed by atoms with E-state index in [0.717, 1.165) is 15.6 Å². The minimum Gasteiger partial charge on any atom is -0.331 e. The average molecular weight is 680 g/mol. The van der Waals surface area contributed by atoms with Gasteiger partial charge in [0.2, 0.25) is 0 Å². The predicted molar refractivity (Wildman–Crippen MR) is 173 cm³/mol. The summed E-state index contributed by atoms with van der Waals surface area (Å²) in [5, 5.41) is 0.571. The molecule has 4 aromatic carbocycles. The molecule has 8 nitrogen and oxygen atoms in total. The fourth-order valence-electron chi connectivity index (χ4n) is 4.93. The molecule has 0 saturated heterocycles. The van der Waals surface area contributed by atoms with E-state index < -0.39 is 21.6 Å². The molecule has 1 heterocycles. The molecule has 1 aromatic heterocycles. The lowest BCUT2D eigenvalue weighted by molar-refractivity contribution is 0.0755. The van der Waals surface area contributed by atoms with Gasteiger partial charge in [-0.2, -0.15) is 0 Å². The Balaban J connectivity index is 1.48. The third-order valence-electron chi connectivity index (χ3n) is 7.26. The number of nitrogens with zero attached hydrogens (tertiary/aromatic N) is 3. The molecule has 5 aromatic rings. The van der Waals surface area contributed by atoms with Crippen molar-refractivity contribution in [2.45, 2.75) is 17.9 Å². The lowest BCUT2D eigenvalue weighted by Crippen LogP contribution is -2.32. The molecule has 0 fully saturated rings. The van der Waals surface area contributed by atoms with E-state index >= 15 is 0 Å². The van der Waals surface area contributed by atoms with Gasteiger partial charge in [-0.15, -0.1) is 0 Å². The first-order valence-corrected chi connectivity index (χ1v) is 15.9. The largest absolute Gasteiger partial charge is 0.331 e. The van der Waals surface area contributed by atoms with Crippen molar-refractivity contribution < 1.29 is 13.2 Å². The Labute approximate surface area is 263 Å². The summed E-state index contributed by atoms with van der Waals surface area (Å²) < 4.78 is 33.4. The standard InChI is InChI=1S/C32H28BrClN4O4S/c1-21-29(32(40)38(37(21)3)27-9-5-4-6-10-27)35-43(41,42)28-11-7-8-24(20-28)31(39)36(2)30(22-12-16-25(33)17-13-22)23-14-18-26(34)19-15-23/h4-20,30,35H,1-3H3. The maximum Gasteiger partial charge on any atom is 0.296 e. The molecule has 1 unspecified atom stereocenters. The Bertz CT molecular complexity index is 1910. The molecule has 0 aliphatic heterocycles. The molecule has 0 saturated carbocycles. The Hall–Kier alpha value is -4.12. The number of amides is 1. The van der Waals surface area contributed by atoms with E-state index in [1.807, 2.05) is 42.5 Å². The zero-order valence-electron chi connectivity index (χ0n) is 23.5. The maximum absolute atomic E-state index is 13.8. The van der Waals surface area contributed by atoms with Crippen molar-refractivity contribution >= 4 is 49.1 Å². The van der Waals surface area contributed by atoms with Crippen LogP contribution in [0.4, 0.5) is 5.69 Å². The molecule has 5 rings (SSSR count). The molecule has 1 amide bonds. The van der Waals surface area contributed by atoms with Crippen LogP contribution in [0.25, 0.3) is 5.69 Å². The molecule has 220 valence electrons. The predicted octanol–water partition coefficient (Wildman–Crippen LogP) is 6.56. The molecule has 43 heavy (non-hydrogen) atoms. The highest BCUT2D eigenvalue weighted by Gasteiger charge is 2.27. The second-order valence-corrected chi connectivity index (χ2v) is 13.0. The first-order chi connectivity index (χ1) is 20.5. The summed E-state index contributed by atoms with van der Waals surface area (Å²) in [4.78, 5) is 28.6. The minimum absolute atomic E-state index is 0.0711. The molecule has 11 heteroatoms. The molecule has 0 bridgehead atoms. The molecule has 0 aliphatic rings. The van der Waals surface area contributed by atoms with Crippen molar-refractivity contribution in [1.82, 2.24) is 14.3 Å². The Morgan fingerprint density at radius 2 is 1.51 bits per heavy atom. The number of rotatable bonds is 8. The third-order valence-corrected chi connectivity index (χ3v) is 9.39. The second-order valence-electron chi connectivity index (χ2n) is 9.99. The number of benzene rings is 4. The van der Waals surface area contributed by atoms with Crippen molar-refractivity contribution in [2.75, 3.05) is 11.8 Å². The van der Waals surface area contributed by atoms with Crippen LogP contribution in [0.5, 0.6) is 0 Å². The van der Waals surface area contributed by atoms with E-state index in [1.165, 1.54) is 22.9 Å². The molecule has 0 radical (unpaired) electrons. The van der Waals surface area contributed by atoms with E-state index in [0.29, 0.717) is 16.4 Å². The van der Waals surface area contributed by atoms with Gasteiger partial charge in [-0.1, -0.05) is 76.1 Å². The fourth-order valence-corrected chi connectivity index (χ4v) is 6.48. The number of halogens is 2. The van der Waals surface area contributed by atoms with Crippen molar-refractivity contribution in [3.8, 4) is 5.69 Å². The van der Waals surface area contributed by atoms with E-state index in [2.05, 4.69) is 20.7 Å². The van der Waals surface area contributed by atoms with E-state index in [-0.39, 0.29) is 22.1 Å². The molecule has 1 atom stereocenters. The third kappa shape index (κ3) is 6.17. The highest BCUT2D eigenvalue weighted by Crippen LogP contribution is 2.31. The average Bonchev–Trinajstić information content (AvgIpc) is 3.21. The number of carbonyl (C=O) groups is 1. The van der Waals surface area contributed by atoms with E-state index in [9.17, 15) is 18.0 Å². The Kier molecular flexibility index (Phi) is 8.64. The van der Waals surface area contributed by atoms with Gasteiger partial charge in [-0.25, -0.2) is 13.1 Å². The number of para-hydroxylation sites is 1. The number of carbonyl (C=O) groups excluding carboxylic acids is 1. The first-order valence-electron chi connectivity index (χ1n) is 13.2. The molecule has 1 N–H and O–H groups in total. The highest BCUT2D eigenvalue weighted by atomic mass is 79.9. The fraction of sp³-hybridized carbons (Fsp3) is 0.125. The molecule has 0 spiro atoms. The van der Waals surface area contributed by atoms with Gasteiger partial charge >= 0.3 is 0 Å². The van der Waals surface area contributed by atoms with E-state index in [4.69, 9.17) is 11.6 Å². The van der Waals surface area contributed by atoms with Crippen LogP contribution in [-0.2, 0) is 17.1 Å². The van der Waals surface area contributed by atoms with Crippen LogP contribution < -0.4 is 10.3 Å². The lowest BCUT2D eigenvalue weighted by Gasteiger charge is -2.29. The topological polar surface area (TPSA) is 93.4 Å². The molecule has 0 aliphatic carbocycles. The van der Waals surface area contributed by atoms with Gasteiger partial charge in [0.05, 0.1) is 22.3 Å². The summed E-state index contributed by atoms with van der Waals surface area (Å²) in [6.45, 7) is 1.66. The van der Waals surface area contributed by atoms with Gasteiger partial charge in [-0.05, 0) is 72.6 Å². The van der Waals surface area contributed by atoms with Crippen LogP contribution in [0.1, 0.15) is 33.2 Å². The summed E-state index contributed by atoms with van der Waals surface area (Å²) in [5.41, 5.74) is 2.32. The van der Waals surface area contributed by atoms with Gasteiger partial charge in [0.15, 0.2) is 0 Å². The maximum atomic E-state index is 13.8. The zero-order valence-corrected chi connectivity index (χ0v) is 26.7. The monoisotopic (exact) mass is 678 g/mol. The van der Waals surface area contributed by atoms with Gasteiger partial charge in [0, 0.05) is 29.2 Å². The number of anilines is 1. The minimum atomic E-state index is -4.23. The van der Waals surface area contributed by atoms with Crippen molar-refractivity contribution in [3.05, 3.63) is 145 Å². The van der Waals surface area contributed by atoms with Crippen LogP contribution >= 0.6 is 27.5 Å². The summed E-state index contributed by atoms with van der Waals surface area (Å²) in [6, 6.07) is 29.1. The molecular formula is C32H28BrClN4O4S. The number of aromatic nitrogens is 2. The van der Waals surface area contributed by atoms with Gasteiger partial charge in [0.1, 0.15) is 5.69 Å². The summed E-state index contributed by atoms with van der Waals surface area (Å²) >= 11 is 9.58. The Morgan fingerprint density at radius 3 is 2.14 bits per heavy atom. The van der Waals surface area contributed by atoms with Crippen molar-refractivity contribution in [2.24, 2.45) is 7.05 Å². The quantitative estimate of drug-likeness (QED) is 0.201. The summed E-state index contributed by atoms with van der Waals surface area (Å²) in [5.74, 6) is -0.387. The SMILES string of the molecule is Cc1c(NS(=O)(=O)c2cccc(C(=O)N(C)C(c3ccc(Cl)cc3)c3ccc(Br)cc3)c2)c(=O)n(-c2ccccc2)n1C. The van der Waals surface area contributed by atoms with Crippen LogP contribution in [0.3, 0.4) is 0 Å². The van der Waals surface area contributed by atoms with Crippen LogP contribution in [0.2, 0.25) is 5.02 Å². The number of nitrogens with one attached hydrogen (secondary N) is 1.